The second-order valence-corrected chi connectivity index (χ2v) is 5.02. The first-order valence-electron chi connectivity index (χ1n) is 6.44. The number of nitrogens with one attached hydrogen (secondary N) is 1. The van der Waals surface area contributed by atoms with Crippen LogP contribution in [0.15, 0.2) is 47.1 Å². The maximum absolute atomic E-state index is 11.7. The molecule has 0 aliphatic carbocycles. The second kappa shape index (κ2) is 7.64. The van der Waals surface area contributed by atoms with Gasteiger partial charge in [0, 0.05) is 10.7 Å². The fourth-order valence-electron chi connectivity index (χ4n) is 1.58. The lowest BCUT2D eigenvalue weighted by Crippen LogP contribution is -2.20. The average molecular weight is 351 g/mol. The first kappa shape index (κ1) is 15.3. The Bertz CT molecular complexity index is 585. The molecule has 0 unspecified atom stereocenters. The summed E-state index contributed by atoms with van der Waals surface area (Å²) in [6, 6.07) is 10.6. The number of hydrogen-bond acceptors (Lipinski definition) is 4. The third kappa shape index (κ3) is 5.07. The van der Waals surface area contributed by atoms with Gasteiger partial charge in [-0.15, -0.1) is 0 Å². The Kier molecular flexibility index (Phi) is 5.57. The smallest absolute Gasteiger partial charge is 0.263 e. The van der Waals surface area contributed by atoms with Crippen LogP contribution in [0.5, 0.6) is 11.5 Å². The topological polar surface area (TPSA) is 60.5 Å². The summed E-state index contributed by atoms with van der Waals surface area (Å²) < 4.78 is 11.6. The number of amides is 1. The van der Waals surface area contributed by atoms with Gasteiger partial charge in [-0.3, -0.25) is 4.79 Å². The van der Waals surface area contributed by atoms with Gasteiger partial charge in [-0.1, -0.05) is 0 Å². The number of halogens is 1. The van der Waals surface area contributed by atoms with Crippen molar-refractivity contribution >= 4 is 27.7 Å². The number of hydrogen-bond donors (Lipinski definition) is 1. The first-order valence-corrected chi connectivity index (χ1v) is 7.23. The second-order valence-electron chi connectivity index (χ2n) is 4.10. The molecule has 1 heterocycles. The summed E-state index contributed by atoms with van der Waals surface area (Å²) in [7, 11) is 0. The molecule has 0 saturated carbocycles. The molecule has 1 N–H and O–H groups in total. The van der Waals surface area contributed by atoms with Crippen LogP contribution >= 0.6 is 15.9 Å². The quantitative estimate of drug-likeness (QED) is 0.868. The van der Waals surface area contributed by atoms with Crippen LogP contribution in [-0.4, -0.2) is 24.1 Å². The summed E-state index contributed by atoms with van der Waals surface area (Å²) in [5, 5.41) is 2.65. The molecule has 0 atom stereocenters. The molecule has 5 nitrogen and oxygen atoms in total. The predicted octanol–water partition coefficient (Wildman–Crippen LogP) is 3.26. The number of anilines is 1. The maximum atomic E-state index is 11.7. The lowest BCUT2D eigenvalue weighted by atomic mass is 10.3. The summed E-state index contributed by atoms with van der Waals surface area (Å²) in [4.78, 5) is 15.8. The first-order chi connectivity index (χ1) is 10.2. The van der Waals surface area contributed by atoms with E-state index < -0.39 is 0 Å². The standard InChI is InChI=1S/C15H15BrN2O3/c1-2-20-12-4-6-13(7-5-12)21-10-15(19)18-14-8-3-11(16)9-17-14/h3-9H,2,10H2,1H3,(H,17,18,19). The minimum atomic E-state index is -0.265. The van der Waals surface area contributed by atoms with E-state index in [1.807, 2.05) is 6.92 Å². The van der Waals surface area contributed by atoms with E-state index in [4.69, 9.17) is 9.47 Å². The zero-order chi connectivity index (χ0) is 15.1. The molecule has 0 bridgehead atoms. The summed E-state index contributed by atoms with van der Waals surface area (Å²) in [6.45, 7) is 2.46. The molecule has 2 rings (SSSR count). The van der Waals surface area contributed by atoms with Gasteiger partial charge in [0.2, 0.25) is 0 Å². The highest BCUT2D eigenvalue weighted by Gasteiger charge is 2.04. The van der Waals surface area contributed by atoms with Gasteiger partial charge in [0.25, 0.3) is 5.91 Å². The van der Waals surface area contributed by atoms with Crippen LogP contribution in [0.3, 0.4) is 0 Å². The van der Waals surface area contributed by atoms with Gasteiger partial charge in [-0.25, -0.2) is 4.98 Å². The van der Waals surface area contributed by atoms with Crippen LogP contribution in [0, 0.1) is 0 Å². The van der Waals surface area contributed by atoms with E-state index in [1.165, 1.54) is 0 Å². The Balaban J connectivity index is 1.81. The molecule has 0 spiro atoms. The molecule has 1 amide bonds. The molecule has 0 radical (unpaired) electrons. The minimum absolute atomic E-state index is 0.0777. The number of ether oxygens (including phenoxy) is 2. The van der Waals surface area contributed by atoms with Crippen molar-refractivity contribution in [3.8, 4) is 11.5 Å². The maximum Gasteiger partial charge on any atom is 0.263 e. The molecule has 2 aromatic rings. The molecule has 6 heteroatoms. The van der Waals surface area contributed by atoms with Gasteiger partial charge in [0.1, 0.15) is 17.3 Å². The third-order valence-electron chi connectivity index (χ3n) is 2.50. The van der Waals surface area contributed by atoms with Gasteiger partial charge >= 0.3 is 0 Å². The van der Waals surface area contributed by atoms with Crippen molar-refractivity contribution in [1.82, 2.24) is 4.98 Å². The Labute approximate surface area is 131 Å². The van der Waals surface area contributed by atoms with Gasteiger partial charge in [-0.2, -0.15) is 0 Å². The highest BCUT2D eigenvalue weighted by Crippen LogP contribution is 2.17. The number of carbonyl (C=O) groups excluding carboxylic acids is 1. The van der Waals surface area contributed by atoms with E-state index in [0.29, 0.717) is 18.2 Å². The molecule has 110 valence electrons. The van der Waals surface area contributed by atoms with Crippen molar-refractivity contribution in [2.24, 2.45) is 0 Å². The Morgan fingerprint density at radius 2 is 1.81 bits per heavy atom. The summed E-state index contributed by atoms with van der Waals surface area (Å²) in [5.74, 6) is 1.60. The van der Waals surface area contributed by atoms with Crippen LogP contribution in [0.25, 0.3) is 0 Å². The largest absolute Gasteiger partial charge is 0.494 e. The van der Waals surface area contributed by atoms with Crippen molar-refractivity contribution in [3.05, 3.63) is 47.1 Å². The normalized spacial score (nSPS) is 10.0. The van der Waals surface area contributed by atoms with Gasteiger partial charge in [-0.05, 0) is 59.3 Å². The molecule has 0 aliphatic heterocycles. The molecular formula is C15H15BrN2O3. The number of rotatable bonds is 6. The molecule has 0 fully saturated rings. The van der Waals surface area contributed by atoms with Crippen molar-refractivity contribution in [3.63, 3.8) is 0 Å². The Morgan fingerprint density at radius 1 is 1.14 bits per heavy atom. The summed E-state index contributed by atoms with van der Waals surface area (Å²) in [5.41, 5.74) is 0. The van der Waals surface area contributed by atoms with Crippen molar-refractivity contribution < 1.29 is 14.3 Å². The van der Waals surface area contributed by atoms with Gasteiger partial charge in [0.05, 0.1) is 6.61 Å². The van der Waals surface area contributed by atoms with Crippen LogP contribution in [0.1, 0.15) is 6.92 Å². The van der Waals surface area contributed by atoms with E-state index in [9.17, 15) is 4.79 Å². The monoisotopic (exact) mass is 350 g/mol. The zero-order valence-electron chi connectivity index (χ0n) is 11.5. The lowest BCUT2D eigenvalue weighted by molar-refractivity contribution is -0.118. The van der Waals surface area contributed by atoms with Crippen LogP contribution in [0.4, 0.5) is 5.82 Å². The fourth-order valence-corrected chi connectivity index (χ4v) is 1.81. The molecule has 21 heavy (non-hydrogen) atoms. The van der Waals surface area contributed by atoms with Gasteiger partial charge in [0.15, 0.2) is 6.61 Å². The highest BCUT2D eigenvalue weighted by atomic mass is 79.9. The molecule has 0 aliphatic rings. The number of benzene rings is 1. The molecule has 0 saturated heterocycles. The van der Waals surface area contributed by atoms with E-state index in [1.54, 1.807) is 42.6 Å². The Morgan fingerprint density at radius 3 is 2.38 bits per heavy atom. The zero-order valence-corrected chi connectivity index (χ0v) is 13.1. The van der Waals surface area contributed by atoms with Crippen molar-refractivity contribution in [2.75, 3.05) is 18.5 Å². The van der Waals surface area contributed by atoms with E-state index in [0.717, 1.165) is 10.2 Å². The van der Waals surface area contributed by atoms with Crippen LogP contribution < -0.4 is 14.8 Å². The number of aromatic nitrogens is 1. The van der Waals surface area contributed by atoms with E-state index in [2.05, 4.69) is 26.2 Å². The number of carbonyl (C=O) groups is 1. The third-order valence-corrected chi connectivity index (χ3v) is 2.97. The molecular weight excluding hydrogens is 336 g/mol. The van der Waals surface area contributed by atoms with Crippen molar-refractivity contribution in [2.45, 2.75) is 6.92 Å². The lowest BCUT2D eigenvalue weighted by Gasteiger charge is -2.08. The van der Waals surface area contributed by atoms with Crippen LogP contribution in [0.2, 0.25) is 0 Å². The van der Waals surface area contributed by atoms with Crippen LogP contribution in [-0.2, 0) is 4.79 Å². The predicted molar refractivity (Wildman–Crippen MR) is 83.7 cm³/mol. The summed E-state index contributed by atoms with van der Waals surface area (Å²) >= 11 is 3.28. The van der Waals surface area contributed by atoms with E-state index >= 15 is 0 Å². The fraction of sp³-hybridized carbons (Fsp3) is 0.200. The van der Waals surface area contributed by atoms with Crippen molar-refractivity contribution in [1.29, 1.82) is 0 Å². The van der Waals surface area contributed by atoms with Gasteiger partial charge < -0.3 is 14.8 Å². The number of pyridine rings is 1. The minimum Gasteiger partial charge on any atom is -0.494 e. The highest BCUT2D eigenvalue weighted by molar-refractivity contribution is 9.10. The molecule has 1 aromatic heterocycles. The molecule has 1 aromatic carbocycles. The number of nitrogens with zero attached hydrogens (tertiary/aromatic N) is 1. The average Bonchev–Trinajstić information content (AvgIpc) is 2.49. The van der Waals surface area contributed by atoms with E-state index in [-0.39, 0.29) is 12.5 Å². The Hall–Kier alpha value is -2.08. The SMILES string of the molecule is CCOc1ccc(OCC(=O)Nc2ccc(Br)cn2)cc1. The summed E-state index contributed by atoms with van der Waals surface area (Å²) in [6.07, 6.45) is 1.61.